The summed E-state index contributed by atoms with van der Waals surface area (Å²) in [5.74, 6) is -1.44. The molecule has 1 saturated carbocycles. The number of carbonyl (C=O) groups excluding carboxylic acids is 1. The molecule has 1 aliphatic carbocycles. The lowest BCUT2D eigenvalue weighted by molar-refractivity contribution is -0.141. The number of hydrogen-bond donors (Lipinski definition) is 3. The van der Waals surface area contributed by atoms with Crippen molar-refractivity contribution in [3.05, 3.63) is 29.8 Å². The van der Waals surface area contributed by atoms with Gasteiger partial charge in [-0.2, -0.15) is 0 Å². The summed E-state index contributed by atoms with van der Waals surface area (Å²) in [5.41, 5.74) is 0.813. The second kappa shape index (κ2) is 7.10. The maximum atomic E-state index is 12.0. The van der Waals surface area contributed by atoms with E-state index in [9.17, 15) is 18.0 Å². The molecule has 0 spiro atoms. The zero-order valence-electron chi connectivity index (χ0n) is 12.8. The lowest BCUT2D eigenvalue weighted by atomic mass is 10.1. The van der Waals surface area contributed by atoms with E-state index < -0.39 is 22.0 Å². The van der Waals surface area contributed by atoms with Crippen molar-refractivity contribution in [2.45, 2.75) is 49.6 Å². The minimum Gasteiger partial charge on any atom is -0.480 e. The highest BCUT2D eigenvalue weighted by atomic mass is 32.2. The third-order valence-corrected chi connectivity index (χ3v) is 5.06. The second-order valence-electron chi connectivity index (χ2n) is 5.67. The van der Waals surface area contributed by atoms with Crippen LogP contribution < -0.4 is 10.0 Å². The van der Waals surface area contributed by atoms with Gasteiger partial charge in [0.05, 0.1) is 4.90 Å². The molecule has 0 radical (unpaired) electrons. The van der Waals surface area contributed by atoms with Gasteiger partial charge >= 0.3 is 5.97 Å². The first kappa shape index (κ1) is 17.4. The number of aryl methyl sites for hydroxylation is 1. The molecule has 2 rings (SSSR count). The van der Waals surface area contributed by atoms with Crippen LogP contribution in [0.5, 0.6) is 0 Å². The molecule has 0 aromatic heterocycles. The van der Waals surface area contributed by atoms with Crippen LogP contribution in [-0.4, -0.2) is 37.5 Å². The fourth-order valence-corrected chi connectivity index (χ4v) is 3.26. The summed E-state index contributed by atoms with van der Waals surface area (Å²) in [4.78, 5) is 22.5. The van der Waals surface area contributed by atoms with Crippen molar-refractivity contribution in [2.75, 3.05) is 0 Å². The monoisotopic (exact) mass is 340 g/mol. The van der Waals surface area contributed by atoms with Crippen molar-refractivity contribution in [1.29, 1.82) is 0 Å². The Labute approximate surface area is 135 Å². The van der Waals surface area contributed by atoms with Crippen LogP contribution in [-0.2, 0) is 26.0 Å². The number of carboxylic acid groups (broad SMARTS) is 1. The van der Waals surface area contributed by atoms with Gasteiger partial charge in [0.1, 0.15) is 6.04 Å². The van der Waals surface area contributed by atoms with Crippen LogP contribution in [0.2, 0.25) is 0 Å². The Morgan fingerprint density at radius 1 is 1.26 bits per heavy atom. The van der Waals surface area contributed by atoms with E-state index in [4.69, 9.17) is 5.11 Å². The first-order valence-corrected chi connectivity index (χ1v) is 8.89. The van der Waals surface area contributed by atoms with E-state index >= 15 is 0 Å². The van der Waals surface area contributed by atoms with E-state index in [1.165, 1.54) is 19.1 Å². The third-order valence-electron chi connectivity index (χ3n) is 3.52. The Bertz CT molecular complexity index is 680. The lowest BCUT2D eigenvalue weighted by Crippen LogP contribution is -2.38. The average Bonchev–Trinajstić information content (AvgIpc) is 3.28. The fraction of sp³-hybridized carbons (Fsp3) is 0.467. The molecule has 0 unspecified atom stereocenters. The number of carboxylic acids is 1. The molecule has 8 heteroatoms. The number of carbonyl (C=O) groups is 2. The molecule has 23 heavy (non-hydrogen) atoms. The van der Waals surface area contributed by atoms with E-state index in [1.54, 1.807) is 12.1 Å². The fourth-order valence-electron chi connectivity index (χ4n) is 1.96. The first-order valence-electron chi connectivity index (χ1n) is 7.41. The maximum absolute atomic E-state index is 12.0. The Morgan fingerprint density at radius 3 is 2.39 bits per heavy atom. The van der Waals surface area contributed by atoms with Gasteiger partial charge in [-0.3, -0.25) is 9.59 Å². The molecular formula is C15H20N2O5S. The Hall–Kier alpha value is -1.93. The quantitative estimate of drug-likeness (QED) is 0.643. The Kier molecular flexibility index (Phi) is 5.38. The smallest absolute Gasteiger partial charge is 0.325 e. The molecule has 1 fully saturated rings. The predicted molar refractivity (Wildman–Crippen MR) is 83.3 cm³/mol. The summed E-state index contributed by atoms with van der Waals surface area (Å²) >= 11 is 0. The summed E-state index contributed by atoms with van der Waals surface area (Å²) in [5, 5.41) is 11.1. The van der Waals surface area contributed by atoms with Gasteiger partial charge in [0.15, 0.2) is 0 Å². The van der Waals surface area contributed by atoms with Crippen LogP contribution >= 0.6 is 0 Å². The van der Waals surface area contributed by atoms with Crippen molar-refractivity contribution in [1.82, 2.24) is 10.0 Å². The largest absolute Gasteiger partial charge is 0.480 e. The molecule has 0 saturated heterocycles. The highest BCUT2D eigenvalue weighted by Crippen LogP contribution is 2.22. The van der Waals surface area contributed by atoms with E-state index in [-0.39, 0.29) is 23.3 Å². The summed E-state index contributed by atoms with van der Waals surface area (Å²) in [6, 6.07) is 5.48. The van der Waals surface area contributed by atoms with Crippen LogP contribution in [0.3, 0.4) is 0 Å². The van der Waals surface area contributed by atoms with Gasteiger partial charge in [-0.05, 0) is 43.9 Å². The number of benzene rings is 1. The van der Waals surface area contributed by atoms with Gasteiger partial charge < -0.3 is 10.4 Å². The molecule has 1 aromatic rings. The number of aliphatic carboxylic acids is 1. The standard InChI is InChI=1S/C15H20N2O5S/c1-10(15(19)20)16-14(18)9-4-11-2-7-13(8-3-11)23(21,22)17-12-5-6-12/h2-3,7-8,10,12,17H,4-6,9H2,1H3,(H,16,18)(H,19,20)/t10-/m1/s1. The normalized spacial score (nSPS) is 15.9. The molecule has 126 valence electrons. The number of amides is 1. The summed E-state index contributed by atoms with van der Waals surface area (Å²) in [6.07, 6.45) is 2.31. The molecule has 7 nitrogen and oxygen atoms in total. The van der Waals surface area contributed by atoms with E-state index in [0.29, 0.717) is 6.42 Å². The number of nitrogens with one attached hydrogen (secondary N) is 2. The highest BCUT2D eigenvalue weighted by molar-refractivity contribution is 7.89. The molecule has 0 aliphatic heterocycles. The van der Waals surface area contributed by atoms with Crippen LogP contribution in [0.25, 0.3) is 0 Å². The topological polar surface area (TPSA) is 113 Å². The zero-order chi connectivity index (χ0) is 17.0. The molecule has 0 heterocycles. The van der Waals surface area contributed by atoms with E-state index in [1.807, 2.05) is 0 Å². The second-order valence-corrected chi connectivity index (χ2v) is 7.38. The Morgan fingerprint density at radius 2 is 1.87 bits per heavy atom. The maximum Gasteiger partial charge on any atom is 0.325 e. The third kappa shape index (κ3) is 5.33. The predicted octanol–water partition coefficient (Wildman–Crippen LogP) is 0.649. The van der Waals surface area contributed by atoms with Gasteiger partial charge in [0.25, 0.3) is 0 Å². The summed E-state index contributed by atoms with van der Waals surface area (Å²) in [7, 11) is -3.47. The van der Waals surface area contributed by atoms with Crippen molar-refractivity contribution < 1.29 is 23.1 Å². The molecule has 1 amide bonds. The van der Waals surface area contributed by atoms with Crippen molar-refractivity contribution in [3.8, 4) is 0 Å². The summed E-state index contributed by atoms with van der Waals surface area (Å²) < 4.78 is 26.6. The van der Waals surface area contributed by atoms with Crippen LogP contribution in [0.15, 0.2) is 29.2 Å². The minimum absolute atomic E-state index is 0.0552. The van der Waals surface area contributed by atoms with Gasteiger partial charge in [-0.15, -0.1) is 0 Å². The van der Waals surface area contributed by atoms with Gasteiger partial charge in [0.2, 0.25) is 15.9 Å². The zero-order valence-corrected chi connectivity index (χ0v) is 13.6. The average molecular weight is 340 g/mol. The molecular weight excluding hydrogens is 320 g/mol. The minimum atomic E-state index is -3.47. The molecule has 1 aromatic carbocycles. The first-order chi connectivity index (χ1) is 10.8. The highest BCUT2D eigenvalue weighted by Gasteiger charge is 2.27. The summed E-state index contributed by atoms with van der Waals surface area (Å²) in [6.45, 7) is 1.40. The Balaban J connectivity index is 1.87. The van der Waals surface area contributed by atoms with E-state index in [2.05, 4.69) is 10.0 Å². The molecule has 1 atom stereocenters. The van der Waals surface area contributed by atoms with E-state index in [0.717, 1.165) is 18.4 Å². The number of sulfonamides is 1. The number of rotatable bonds is 8. The van der Waals surface area contributed by atoms with Gasteiger partial charge in [-0.1, -0.05) is 12.1 Å². The number of hydrogen-bond acceptors (Lipinski definition) is 4. The van der Waals surface area contributed by atoms with Gasteiger partial charge in [-0.25, -0.2) is 13.1 Å². The van der Waals surface area contributed by atoms with Gasteiger partial charge in [0, 0.05) is 12.5 Å². The van der Waals surface area contributed by atoms with Crippen LogP contribution in [0.1, 0.15) is 31.7 Å². The molecule has 1 aliphatic rings. The van der Waals surface area contributed by atoms with Crippen molar-refractivity contribution in [2.24, 2.45) is 0 Å². The van der Waals surface area contributed by atoms with Crippen molar-refractivity contribution >= 4 is 21.9 Å². The molecule has 0 bridgehead atoms. The SMILES string of the molecule is C[C@@H](NC(=O)CCc1ccc(S(=O)(=O)NC2CC2)cc1)C(=O)O. The molecule has 3 N–H and O–H groups in total. The lowest BCUT2D eigenvalue weighted by Gasteiger charge is -2.09. The van der Waals surface area contributed by atoms with Crippen LogP contribution in [0.4, 0.5) is 0 Å². The van der Waals surface area contributed by atoms with Crippen molar-refractivity contribution in [3.63, 3.8) is 0 Å². The van der Waals surface area contributed by atoms with Crippen LogP contribution in [0, 0.1) is 0 Å².